The van der Waals surface area contributed by atoms with E-state index in [4.69, 9.17) is 5.73 Å². The van der Waals surface area contributed by atoms with E-state index in [0.29, 0.717) is 25.3 Å². The van der Waals surface area contributed by atoms with Gasteiger partial charge in [0, 0.05) is 12.8 Å². The third-order valence-corrected chi connectivity index (χ3v) is 2.17. The number of alkyl halides is 2. The van der Waals surface area contributed by atoms with E-state index in [0.717, 1.165) is 0 Å². The summed E-state index contributed by atoms with van der Waals surface area (Å²) >= 11 is 0. The fraction of sp³-hybridized carbons (Fsp3) is 1.00. The number of halogens is 3. The van der Waals surface area contributed by atoms with Crippen LogP contribution in [0.25, 0.3) is 0 Å². The van der Waals surface area contributed by atoms with E-state index in [1.807, 2.05) is 0 Å². The van der Waals surface area contributed by atoms with Gasteiger partial charge in [0.15, 0.2) is 0 Å². The monoisotopic (exact) mass is 185 g/mol. The molecule has 0 atom stereocenters. The van der Waals surface area contributed by atoms with Crippen molar-refractivity contribution in [3.63, 3.8) is 0 Å². The molecule has 2 N–H and O–H groups in total. The molecule has 68 valence electrons. The third kappa shape index (κ3) is 3.34. The van der Waals surface area contributed by atoms with Gasteiger partial charge in [-0.25, -0.2) is 8.78 Å². The highest BCUT2D eigenvalue weighted by molar-refractivity contribution is 5.85. The Morgan fingerprint density at radius 1 is 1.27 bits per heavy atom. The summed E-state index contributed by atoms with van der Waals surface area (Å²) in [6.45, 7) is 0.566. The van der Waals surface area contributed by atoms with Crippen molar-refractivity contribution in [1.82, 2.24) is 0 Å². The summed E-state index contributed by atoms with van der Waals surface area (Å²) in [5, 5.41) is 0. The van der Waals surface area contributed by atoms with Crippen LogP contribution in [0.4, 0.5) is 8.78 Å². The molecule has 0 aromatic rings. The minimum atomic E-state index is -2.40. The van der Waals surface area contributed by atoms with Crippen molar-refractivity contribution in [1.29, 1.82) is 0 Å². The van der Waals surface area contributed by atoms with Gasteiger partial charge in [0.25, 0.3) is 0 Å². The number of nitrogens with two attached hydrogens (primary N) is 1. The van der Waals surface area contributed by atoms with Crippen LogP contribution in [0, 0.1) is 5.92 Å². The van der Waals surface area contributed by atoms with E-state index in [2.05, 4.69) is 0 Å². The van der Waals surface area contributed by atoms with Gasteiger partial charge in [0.2, 0.25) is 5.92 Å². The normalized spacial score (nSPS) is 24.3. The average Bonchev–Trinajstić information content (AvgIpc) is 1.88. The first-order chi connectivity index (χ1) is 4.64. The molecule has 0 heterocycles. The van der Waals surface area contributed by atoms with Crippen molar-refractivity contribution in [2.45, 2.75) is 31.6 Å². The summed E-state index contributed by atoms with van der Waals surface area (Å²) in [4.78, 5) is 0. The molecule has 0 aromatic carbocycles. The second-order valence-electron chi connectivity index (χ2n) is 3.04. The molecule has 1 rings (SSSR count). The Morgan fingerprint density at radius 3 is 2.09 bits per heavy atom. The Morgan fingerprint density at radius 2 is 1.73 bits per heavy atom. The largest absolute Gasteiger partial charge is 0.330 e. The molecule has 1 aliphatic rings. The fourth-order valence-electron chi connectivity index (χ4n) is 1.34. The lowest BCUT2D eigenvalue weighted by Crippen LogP contribution is -2.28. The lowest BCUT2D eigenvalue weighted by molar-refractivity contribution is -0.0447. The van der Waals surface area contributed by atoms with Gasteiger partial charge < -0.3 is 5.73 Å². The van der Waals surface area contributed by atoms with E-state index in [-0.39, 0.29) is 25.2 Å². The third-order valence-electron chi connectivity index (χ3n) is 2.17. The van der Waals surface area contributed by atoms with Gasteiger partial charge in [0.05, 0.1) is 0 Å². The minimum absolute atomic E-state index is 0. The van der Waals surface area contributed by atoms with Crippen LogP contribution < -0.4 is 5.73 Å². The maximum absolute atomic E-state index is 12.5. The molecule has 0 aliphatic heterocycles. The number of rotatable bonds is 1. The van der Waals surface area contributed by atoms with Crippen molar-refractivity contribution in [3.05, 3.63) is 0 Å². The van der Waals surface area contributed by atoms with Crippen molar-refractivity contribution >= 4 is 12.4 Å². The lowest BCUT2D eigenvalue weighted by atomic mass is 9.87. The molecule has 4 heteroatoms. The molecule has 11 heavy (non-hydrogen) atoms. The quantitative estimate of drug-likeness (QED) is 0.666. The zero-order chi connectivity index (χ0) is 7.61. The molecule has 0 unspecified atom stereocenters. The summed E-state index contributed by atoms with van der Waals surface area (Å²) in [5.41, 5.74) is 5.35. The highest BCUT2D eigenvalue weighted by Gasteiger charge is 2.34. The van der Waals surface area contributed by atoms with Crippen LogP contribution in [0.1, 0.15) is 25.7 Å². The van der Waals surface area contributed by atoms with E-state index in [9.17, 15) is 8.78 Å². The van der Waals surface area contributed by atoms with Gasteiger partial charge >= 0.3 is 0 Å². The molecule has 0 radical (unpaired) electrons. The first-order valence-electron chi connectivity index (χ1n) is 3.72. The molecule has 0 spiro atoms. The van der Waals surface area contributed by atoms with E-state index < -0.39 is 5.92 Å². The van der Waals surface area contributed by atoms with Crippen molar-refractivity contribution < 1.29 is 8.78 Å². The maximum atomic E-state index is 12.5. The second kappa shape index (κ2) is 4.21. The van der Waals surface area contributed by atoms with Crippen molar-refractivity contribution in [2.24, 2.45) is 11.7 Å². The topological polar surface area (TPSA) is 26.0 Å². The van der Waals surface area contributed by atoms with Gasteiger partial charge in [0.1, 0.15) is 0 Å². The zero-order valence-corrected chi connectivity index (χ0v) is 7.17. The summed E-state index contributed by atoms with van der Waals surface area (Å²) in [6.07, 6.45) is 1.27. The van der Waals surface area contributed by atoms with Gasteiger partial charge in [-0.3, -0.25) is 0 Å². The van der Waals surface area contributed by atoms with E-state index >= 15 is 0 Å². The summed E-state index contributed by atoms with van der Waals surface area (Å²) in [7, 11) is 0. The zero-order valence-electron chi connectivity index (χ0n) is 6.35. The van der Waals surface area contributed by atoms with Crippen LogP contribution in [-0.2, 0) is 0 Å². The smallest absolute Gasteiger partial charge is 0.248 e. The van der Waals surface area contributed by atoms with Crippen LogP contribution in [0.15, 0.2) is 0 Å². The average molecular weight is 186 g/mol. The van der Waals surface area contributed by atoms with Crippen molar-refractivity contribution in [3.8, 4) is 0 Å². The number of hydrogen-bond donors (Lipinski definition) is 1. The Hall–Kier alpha value is 0.110. The molecule has 1 saturated carbocycles. The van der Waals surface area contributed by atoms with Crippen LogP contribution in [0.5, 0.6) is 0 Å². The van der Waals surface area contributed by atoms with E-state index in [1.54, 1.807) is 0 Å². The lowest BCUT2D eigenvalue weighted by Gasteiger charge is -2.26. The van der Waals surface area contributed by atoms with Gasteiger partial charge in [-0.15, -0.1) is 12.4 Å². The summed E-state index contributed by atoms with van der Waals surface area (Å²) in [6, 6.07) is 0. The first-order valence-corrected chi connectivity index (χ1v) is 3.72. The fourth-order valence-corrected chi connectivity index (χ4v) is 1.34. The molecule has 0 amide bonds. The Bertz CT molecular complexity index is 109. The second-order valence-corrected chi connectivity index (χ2v) is 3.04. The van der Waals surface area contributed by atoms with Gasteiger partial charge in [-0.2, -0.15) is 0 Å². The molecule has 1 fully saturated rings. The van der Waals surface area contributed by atoms with Gasteiger partial charge in [-0.05, 0) is 25.3 Å². The highest BCUT2D eigenvalue weighted by atomic mass is 35.5. The summed E-state index contributed by atoms with van der Waals surface area (Å²) in [5.74, 6) is -2.05. The maximum Gasteiger partial charge on any atom is 0.248 e. The van der Waals surface area contributed by atoms with Gasteiger partial charge in [-0.1, -0.05) is 0 Å². The first kappa shape index (κ1) is 11.1. The Labute approximate surface area is 71.7 Å². The minimum Gasteiger partial charge on any atom is -0.330 e. The van der Waals surface area contributed by atoms with Crippen molar-refractivity contribution in [2.75, 3.05) is 6.54 Å². The Kier molecular flexibility index (Phi) is 4.26. The Balaban J connectivity index is 0.000001000. The summed E-state index contributed by atoms with van der Waals surface area (Å²) < 4.78 is 24.9. The number of hydrogen-bond acceptors (Lipinski definition) is 1. The molecule has 0 aromatic heterocycles. The SMILES string of the molecule is Cl.NCC1CCC(F)(F)CC1. The van der Waals surface area contributed by atoms with E-state index in [1.165, 1.54) is 0 Å². The molecule has 0 saturated heterocycles. The standard InChI is InChI=1S/C7H13F2N.ClH/c8-7(9)3-1-6(5-10)2-4-7;/h6H,1-5,10H2;1H. The van der Waals surface area contributed by atoms with Crippen LogP contribution in [0.2, 0.25) is 0 Å². The highest BCUT2D eigenvalue weighted by Crippen LogP contribution is 2.35. The molecular weight excluding hydrogens is 172 g/mol. The van der Waals surface area contributed by atoms with Crippen LogP contribution in [-0.4, -0.2) is 12.5 Å². The molecular formula is C7H14ClF2N. The van der Waals surface area contributed by atoms with Crippen LogP contribution >= 0.6 is 12.4 Å². The molecule has 1 aliphatic carbocycles. The predicted molar refractivity (Wildman–Crippen MR) is 43.2 cm³/mol. The molecule has 1 nitrogen and oxygen atoms in total. The predicted octanol–water partition coefficient (Wildman–Crippen LogP) is 2.19. The van der Waals surface area contributed by atoms with Crippen LogP contribution in [0.3, 0.4) is 0 Å². The molecule has 0 bridgehead atoms.